The number of aliphatic imine (C=N–C) groups is 1. The number of carboxylic acids is 1. The van der Waals surface area contributed by atoms with Crippen molar-refractivity contribution < 1.29 is 27.9 Å². The first-order valence-electron chi connectivity index (χ1n) is 10.7. The monoisotopic (exact) mass is 477 g/mol. The first kappa shape index (κ1) is 25.0. The van der Waals surface area contributed by atoms with Gasteiger partial charge in [-0.15, -0.1) is 0 Å². The number of anilines is 1. The van der Waals surface area contributed by atoms with Crippen molar-refractivity contribution in [3.8, 4) is 0 Å². The third-order valence-corrected chi connectivity index (χ3v) is 5.55. The summed E-state index contributed by atoms with van der Waals surface area (Å²) in [5.74, 6) is -2.14. The number of guanidine groups is 1. The van der Waals surface area contributed by atoms with Gasteiger partial charge in [0.05, 0.1) is 5.56 Å². The highest BCUT2D eigenvalue weighted by molar-refractivity contribution is 6.02. The van der Waals surface area contributed by atoms with E-state index in [0.717, 1.165) is 18.9 Å². The van der Waals surface area contributed by atoms with E-state index in [1.807, 2.05) is 4.90 Å². The molecule has 3 rings (SSSR count). The van der Waals surface area contributed by atoms with Crippen molar-refractivity contribution in [3.63, 3.8) is 0 Å². The van der Waals surface area contributed by atoms with Crippen molar-refractivity contribution in [2.24, 2.45) is 16.5 Å². The van der Waals surface area contributed by atoms with Gasteiger partial charge in [0.25, 0.3) is 5.91 Å². The van der Waals surface area contributed by atoms with Crippen LogP contribution in [0, 0.1) is 0 Å². The number of carbonyl (C=O) groups excluding carboxylic acids is 1. The van der Waals surface area contributed by atoms with E-state index in [9.17, 15) is 22.8 Å². The quantitative estimate of drug-likeness (QED) is 0.356. The second kappa shape index (κ2) is 10.6. The van der Waals surface area contributed by atoms with Gasteiger partial charge in [-0.05, 0) is 49.1 Å². The Balaban J connectivity index is 1.72. The summed E-state index contributed by atoms with van der Waals surface area (Å²) in [5, 5.41) is 11.5. The molecule has 1 fully saturated rings. The maximum absolute atomic E-state index is 13.6. The molecule has 0 radical (unpaired) electrons. The molecular weight excluding hydrogens is 451 g/mol. The highest BCUT2D eigenvalue weighted by atomic mass is 19.4. The normalized spacial score (nSPS) is 15.3. The molecule has 11 heteroatoms. The largest absolute Gasteiger partial charge is 0.480 e. The summed E-state index contributed by atoms with van der Waals surface area (Å²) in [6.07, 6.45) is -2.64. The number of carbonyl (C=O) groups is 2. The molecule has 0 aromatic heterocycles. The number of hydrogen-bond acceptors (Lipinski definition) is 4. The number of nitrogens with one attached hydrogen (secondary N) is 1. The molecule has 1 saturated heterocycles. The van der Waals surface area contributed by atoms with Gasteiger partial charge in [-0.2, -0.15) is 18.2 Å². The number of halogens is 3. The predicted octanol–water partition coefficient (Wildman–Crippen LogP) is 2.50. The minimum atomic E-state index is -4.54. The Morgan fingerprint density at radius 2 is 1.76 bits per heavy atom. The molecule has 1 heterocycles. The van der Waals surface area contributed by atoms with Crippen molar-refractivity contribution in [1.82, 2.24) is 5.32 Å². The van der Waals surface area contributed by atoms with Crippen LogP contribution in [-0.2, 0) is 23.9 Å². The van der Waals surface area contributed by atoms with Gasteiger partial charge in [0.1, 0.15) is 6.04 Å². The Morgan fingerprint density at radius 3 is 2.35 bits per heavy atom. The molecule has 2 aromatic carbocycles. The van der Waals surface area contributed by atoms with Gasteiger partial charge in [-0.3, -0.25) is 9.59 Å². The molecule has 0 aliphatic carbocycles. The lowest BCUT2D eigenvalue weighted by Gasteiger charge is -2.24. The maximum atomic E-state index is 13.6. The lowest BCUT2D eigenvalue weighted by atomic mass is 10.0. The maximum Gasteiger partial charge on any atom is 0.416 e. The van der Waals surface area contributed by atoms with Crippen LogP contribution in [-0.4, -0.2) is 42.1 Å². The highest BCUT2D eigenvalue weighted by Crippen LogP contribution is 2.37. The number of rotatable bonds is 7. The predicted molar refractivity (Wildman–Crippen MR) is 121 cm³/mol. The summed E-state index contributed by atoms with van der Waals surface area (Å²) in [4.78, 5) is 28.9. The summed E-state index contributed by atoms with van der Waals surface area (Å²) in [6, 6.07) is 8.99. The molecule has 1 aliphatic rings. The zero-order valence-corrected chi connectivity index (χ0v) is 18.3. The number of amides is 1. The van der Waals surface area contributed by atoms with Crippen LogP contribution in [0.15, 0.2) is 47.5 Å². The third-order valence-electron chi connectivity index (χ3n) is 5.55. The van der Waals surface area contributed by atoms with Crippen LogP contribution in [0.5, 0.6) is 0 Å². The first-order valence-corrected chi connectivity index (χ1v) is 10.7. The molecule has 1 amide bonds. The summed E-state index contributed by atoms with van der Waals surface area (Å²) < 4.78 is 40.9. The molecule has 34 heavy (non-hydrogen) atoms. The Bertz CT molecular complexity index is 1060. The summed E-state index contributed by atoms with van der Waals surface area (Å²) in [5.41, 5.74) is 11.9. The molecule has 0 spiro atoms. The van der Waals surface area contributed by atoms with E-state index in [2.05, 4.69) is 10.3 Å². The van der Waals surface area contributed by atoms with Crippen LogP contribution in [0.4, 0.5) is 18.9 Å². The van der Waals surface area contributed by atoms with Gasteiger partial charge < -0.3 is 26.8 Å². The van der Waals surface area contributed by atoms with E-state index in [1.165, 1.54) is 18.2 Å². The lowest BCUT2D eigenvalue weighted by molar-refractivity contribution is -0.139. The smallest absolute Gasteiger partial charge is 0.416 e. The van der Waals surface area contributed by atoms with Gasteiger partial charge in [0.15, 0.2) is 5.96 Å². The lowest BCUT2D eigenvalue weighted by Crippen LogP contribution is -2.33. The SMILES string of the molecule is N/C(=N\C(=O)c1ccc(C[C@H](N)C(=O)O)cc1)NCc1c(N2CCCC2)cccc1C(F)(F)F. The Morgan fingerprint density at radius 1 is 1.12 bits per heavy atom. The zero-order chi connectivity index (χ0) is 24.9. The Hall–Kier alpha value is -3.60. The average Bonchev–Trinajstić information content (AvgIpc) is 3.32. The summed E-state index contributed by atoms with van der Waals surface area (Å²) in [6.45, 7) is 1.09. The van der Waals surface area contributed by atoms with E-state index in [-0.39, 0.29) is 30.1 Å². The number of alkyl halides is 3. The summed E-state index contributed by atoms with van der Waals surface area (Å²) >= 11 is 0. The average molecular weight is 477 g/mol. The molecule has 0 bridgehead atoms. The number of carboxylic acid groups (broad SMARTS) is 1. The molecule has 6 N–H and O–H groups in total. The molecule has 1 aliphatic heterocycles. The standard InChI is InChI=1S/C23H26F3N5O3/c24-23(25,26)17-4-3-5-19(31-10-1-2-11-31)16(17)13-29-22(28)30-20(32)15-8-6-14(7-9-15)12-18(27)21(33)34/h3-9,18H,1-2,10-13,27H2,(H,33,34)(H3,28,29,30,32)/t18-/m0/s1. The van der Waals surface area contributed by atoms with Gasteiger partial charge in [0.2, 0.25) is 0 Å². The van der Waals surface area contributed by atoms with E-state index in [1.54, 1.807) is 18.2 Å². The first-order chi connectivity index (χ1) is 16.1. The van der Waals surface area contributed by atoms with Crippen LogP contribution < -0.4 is 21.7 Å². The van der Waals surface area contributed by atoms with E-state index < -0.39 is 29.7 Å². The minimum Gasteiger partial charge on any atom is -0.480 e. The Kier molecular flexibility index (Phi) is 7.77. The van der Waals surface area contributed by atoms with E-state index >= 15 is 0 Å². The van der Waals surface area contributed by atoms with Gasteiger partial charge in [-0.1, -0.05) is 18.2 Å². The van der Waals surface area contributed by atoms with Crippen molar-refractivity contribution in [2.75, 3.05) is 18.0 Å². The van der Waals surface area contributed by atoms with Crippen molar-refractivity contribution >= 4 is 23.5 Å². The number of aliphatic carboxylic acids is 1. The number of nitrogens with zero attached hydrogens (tertiary/aromatic N) is 2. The number of benzene rings is 2. The molecular formula is C23H26F3N5O3. The number of hydrogen-bond donors (Lipinski definition) is 4. The zero-order valence-electron chi connectivity index (χ0n) is 18.3. The van der Waals surface area contributed by atoms with Gasteiger partial charge in [-0.25, -0.2) is 0 Å². The minimum absolute atomic E-state index is 0.0432. The molecule has 0 saturated carbocycles. The Labute approximate surface area is 194 Å². The highest BCUT2D eigenvalue weighted by Gasteiger charge is 2.35. The van der Waals surface area contributed by atoms with Crippen LogP contribution in [0.2, 0.25) is 0 Å². The van der Waals surface area contributed by atoms with Crippen molar-refractivity contribution in [3.05, 3.63) is 64.7 Å². The fraction of sp³-hybridized carbons (Fsp3) is 0.348. The molecule has 8 nitrogen and oxygen atoms in total. The second-order valence-electron chi connectivity index (χ2n) is 8.00. The van der Waals surface area contributed by atoms with Crippen molar-refractivity contribution in [1.29, 1.82) is 0 Å². The second-order valence-corrected chi connectivity index (χ2v) is 8.00. The number of nitrogens with two attached hydrogens (primary N) is 2. The fourth-order valence-electron chi connectivity index (χ4n) is 3.80. The fourth-order valence-corrected chi connectivity index (χ4v) is 3.80. The van der Waals surface area contributed by atoms with Crippen LogP contribution in [0.1, 0.15) is 39.9 Å². The van der Waals surface area contributed by atoms with Crippen LogP contribution >= 0.6 is 0 Å². The molecule has 2 aromatic rings. The molecule has 0 unspecified atom stereocenters. The summed E-state index contributed by atoms with van der Waals surface area (Å²) in [7, 11) is 0. The van der Waals surface area contributed by atoms with Gasteiger partial charge in [0, 0.05) is 36.4 Å². The van der Waals surface area contributed by atoms with E-state index in [0.29, 0.717) is 24.3 Å². The van der Waals surface area contributed by atoms with Crippen LogP contribution in [0.3, 0.4) is 0 Å². The third kappa shape index (κ3) is 6.25. The van der Waals surface area contributed by atoms with Crippen LogP contribution in [0.25, 0.3) is 0 Å². The molecule has 1 atom stereocenters. The van der Waals surface area contributed by atoms with Gasteiger partial charge >= 0.3 is 12.1 Å². The molecule has 182 valence electrons. The van der Waals surface area contributed by atoms with E-state index in [4.69, 9.17) is 16.6 Å². The van der Waals surface area contributed by atoms with Crippen molar-refractivity contribution in [2.45, 2.75) is 38.0 Å². The topological polar surface area (TPSA) is 134 Å².